The van der Waals surface area contributed by atoms with E-state index in [1.165, 1.54) is 76.8 Å². The van der Waals surface area contributed by atoms with Crippen LogP contribution in [0.1, 0.15) is 50.0 Å². The van der Waals surface area contributed by atoms with E-state index in [0.717, 1.165) is 12.5 Å². The van der Waals surface area contributed by atoms with Crippen LogP contribution >= 0.6 is 0 Å². The summed E-state index contributed by atoms with van der Waals surface area (Å²) in [5, 5.41) is 0. The number of hydrogen-bond acceptors (Lipinski definition) is 2. The Morgan fingerprint density at radius 3 is 2.20 bits per heavy atom. The normalized spacial score (nSPS) is 24.6. The zero-order chi connectivity index (χ0) is 17.5. The van der Waals surface area contributed by atoms with Crippen molar-refractivity contribution in [2.75, 3.05) is 39.3 Å². The zero-order valence-corrected chi connectivity index (χ0v) is 15.5. The summed E-state index contributed by atoms with van der Waals surface area (Å²) in [6.07, 6.45) is 10.2. The molecular weight excluding hydrogens is 311 g/mol. The Hall–Kier alpha value is -1.19. The van der Waals surface area contributed by atoms with Crippen molar-refractivity contribution in [1.82, 2.24) is 9.80 Å². The van der Waals surface area contributed by atoms with Crippen LogP contribution in [0.4, 0.5) is 4.39 Å². The van der Waals surface area contributed by atoms with Crippen LogP contribution in [0.25, 0.3) is 0 Å². The van der Waals surface area contributed by atoms with Crippen LogP contribution in [0.15, 0.2) is 36.9 Å². The molecule has 138 valence electrons. The molecule has 1 aromatic carbocycles. The van der Waals surface area contributed by atoms with Gasteiger partial charge in [0.15, 0.2) is 0 Å². The highest BCUT2D eigenvalue weighted by Gasteiger charge is 2.26. The molecule has 2 heterocycles. The number of likely N-dealkylation sites (tertiary alicyclic amines) is 2. The van der Waals surface area contributed by atoms with Gasteiger partial charge >= 0.3 is 0 Å². The first-order chi connectivity index (χ1) is 12.2. The van der Waals surface area contributed by atoms with Gasteiger partial charge in [0.2, 0.25) is 0 Å². The minimum absolute atomic E-state index is 0.133. The Kier molecular flexibility index (Phi) is 7.06. The van der Waals surface area contributed by atoms with Crippen molar-refractivity contribution in [3.05, 3.63) is 48.3 Å². The third kappa shape index (κ3) is 6.23. The molecule has 1 aliphatic carbocycles. The number of piperidine rings is 1. The predicted octanol–water partition coefficient (Wildman–Crippen LogP) is 4.68. The lowest BCUT2D eigenvalue weighted by atomic mass is 9.89. The third-order valence-electron chi connectivity index (χ3n) is 5.56. The van der Waals surface area contributed by atoms with Crippen molar-refractivity contribution < 1.29 is 4.39 Å². The second kappa shape index (κ2) is 9.49. The molecule has 3 fully saturated rings. The fraction of sp³-hybridized carbons (Fsp3) is 0.636. The lowest BCUT2D eigenvalue weighted by molar-refractivity contribution is 0.182. The molecule has 0 amide bonds. The molecular formula is C22H33FN2. The fourth-order valence-electron chi connectivity index (χ4n) is 3.96. The monoisotopic (exact) mass is 344 g/mol. The molecule has 2 nitrogen and oxygen atoms in total. The van der Waals surface area contributed by atoms with Crippen LogP contribution in [0, 0.1) is 11.7 Å². The van der Waals surface area contributed by atoms with E-state index < -0.39 is 0 Å². The summed E-state index contributed by atoms with van der Waals surface area (Å²) in [4.78, 5) is 5.13. The molecule has 0 spiro atoms. The van der Waals surface area contributed by atoms with E-state index in [2.05, 4.69) is 16.4 Å². The van der Waals surface area contributed by atoms with Gasteiger partial charge in [-0.05, 0) is 68.4 Å². The van der Waals surface area contributed by atoms with Crippen LogP contribution in [-0.4, -0.2) is 49.1 Å². The zero-order valence-electron chi connectivity index (χ0n) is 15.5. The van der Waals surface area contributed by atoms with E-state index in [1.807, 2.05) is 18.2 Å². The van der Waals surface area contributed by atoms with Gasteiger partial charge in [0.25, 0.3) is 0 Å². The van der Waals surface area contributed by atoms with Crippen molar-refractivity contribution >= 4 is 0 Å². The molecule has 25 heavy (non-hydrogen) atoms. The van der Waals surface area contributed by atoms with Crippen LogP contribution in [0.3, 0.4) is 0 Å². The van der Waals surface area contributed by atoms with Gasteiger partial charge in [0.05, 0.1) is 0 Å². The maximum atomic E-state index is 13.0. The Balaban J connectivity index is 0.000000549. The average molecular weight is 345 g/mol. The van der Waals surface area contributed by atoms with E-state index in [1.54, 1.807) is 12.1 Å². The van der Waals surface area contributed by atoms with E-state index in [0.29, 0.717) is 5.92 Å². The lowest BCUT2D eigenvalue weighted by Gasteiger charge is -2.33. The smallest absolute Gasteiger partial charge is 0.123 e. The highest BCUT2D eigenvalue weighted by Crippen LogP contribution is 2.29. The molecule has 1 saturated carbocycles. The van der Waals surface area contributed by atoms with E-state index in [-0.39, 0.29) is 5.82 Å². The predicted molar refractivity (Wildman–Crippen MR) is 103 cm³/mol. The van der Waals surface area contributed by atoms with Crippen molar-refractivity contribution in [2.24, 2.45) is 5.92 Å². The number of hydrogen-bond donors (Lipinski definition) is 0. The lowest BCUT2D eigenvalue weighted by Crippen LogP contribution is -2.37. The number of rotatable bonds is 5. The molecule has 0 aromatic heterocycles. The van der Waals surface area contributed by atoms with Crippen molar-refractivity contribution in [3.8, 4) is 0 Å². The standard InChI is InChI=1S/C19H27FN2.C3H6/c1-2-10-21-11-7-16(14-21)15-22-12-8-18(9-13-22)17-3-5-19(20)6-4-17;1-2-3-1/h2-6,16,18H,1,7-15H2;1-3H2. The van der Waals surface area contributed by atoms with Crippen molar-refractivity contribution in [2.45, 2.75) is 44.4 Å². The largest absolute Gasteiger partial charge is 0.303 e. The Bertz CT molecular complexity index is 515. The Labute approximate surface area is 152 Å². The van der Waals surface area contributed by atoms with Crippen molar-refractivity contribution in [3.63, 3.8) is 0 Å². The summed E-state index contributed by atoms with van der Waals surface area (Å²) < 4.78 is 13.0. The molecule has 2 saturated heterocycles. The van der Waals surface area contributed by atoms with Gasteiger partial charge in [-0.3, -0.25) is 4.90 Å². The topological polar surface area (TPSA) is 6.48 Å². The molecule has 1 atom stereocenters. The second-order valence-electron chi connectivity index (χ2n) is 7.89. The number of benzene rings is 1. The molecule has 0 radical (unpaired) electrons. The first-order valence-corrected chi connectivity index (χ1v) is 10.1. The van der Waals surface area contributed by atoms with Crippen LogP contribution < -0.4 is 0 Å². The van der Waals surface area contributed by atoms with Gasteiger partial charge in [0, 0.05) is 19.6 Å². The average Bonchev–Trinajstić information content (AvgIpc) is 3.45. The van der Waals surface area contributed by atoms with Crippen LogP contribution in [0.2, 0.25) is 0 Å². The third-order valence-corrected chi connectivity index (χ3v) is 5.56. The quantitative estimate of drug-likeness (QED) is 0.715. The highest BCUT2D eigenvalue weighted by molar-refractivity contribution is 5.21. The summed E-state index contributed by atoms with van der Waals surface area (Å²) in [5.74, 6) is 1.30. The van der Waals surface area contributed by atoms with E-state index in [4.69, 9.17) is 0 Å². The summed E-state index contributed by atoms with van der Waals surface area (Å²) in [5.41, 5.74) is 1.30. The minimum atomic E-state index is -0.133. The summed E-state index contributed by atoms with van der Waals surface area (Å²) in [7, 11) is 0. The van der Waals surface area contributed by atoms with Gasteiger partial charge < -0.3 is 4.90 Å². The summed E-state index contributed by atoms with van der Waals surface area (Å²) >= 11 is 0. The van der Waals surface area contributed by atoms with Crippen LogP contribution in [-0.2, 0) is 0 Å². The van der Waals surface area contributed by atoms with Gasteiger partial charge in [-0.2, -0.15) is 0 Å². The maximum Gasteiger partial charge on any atom is 0.123 e. The summed E-state index contributed by atoms with van der Waals surface area (Å²) in [6, 6.07) is 7.10. The molecule has 1 unspecified atom stereocenters. The molecule has 3 aliphatic rings. The van der Waals surface area contributed by atoms with Crippen molar-refractivity contribution in [1.29, 1.82) is 0 Å². The summed E-state index contributed by atoms with van der Waals surface area (Å²) in [6.45, 7) is 10.9. The van der Waals surface area contributed by atoms with Gasteiger partial charge in [0.1, 0.15) is 5.82 Å². The number of halogens is 1. The Morgan fingerprint density at radius 1 is 0.960 bits per heavy atom. The molecule has 4 rings (SSSR count). The van der Waals surface area contributed by atoms with Gasteiger partial charge in [-0.15, -0.1) is 6.58 Å². The molecule has 0 N–H and O–H groups in total. The first kappa shape index (κ1) is 18.6. The van der Waals surface area contributed by atoms with Gasteiger partial charge in [-0.25, -0.2) is 4.39 Å². The SMILES string of the molecule is C1CC1.C=CCN1CCC(CN2CCC(c3ccc(F)cc3)CC2)C1. The van der Waals surface area contributed by atoms with E-state index in [9.17, 15) is 4.39 Å². The minimum Gasteiger partial charge on any atom is -0.303 e. The second-order valence-corrected chi connectivity index (χ2v) is 7.89. The van der Waals surface area contributed by atoms with E-state index >= 15 is 0 Å². The molecule has 3 heteroatoms. The van der Waals surface area contributed by atoms with Crippen LogP contribution in [0.5, 0.6) is 0 Å². The Morgan fingerprint density at radius 2 is 1.60 bits per heavy atom. The molecule has 0 bridgehead atoms. The van der Waals surface area contributed by atoms with Gasteiger partial charge in [-0.1, -0.05) is 37.5 Å². The number of nitrogens with zero attached hydrogens (tertiary/aromatic N) is 2. The maximum absolute atomic E-state index is 13.0. The highest BCUT2D eigenvalue weighted by atomic mass is 19.1. The molecule has 2 aliphatic heterocycles. The molecule has 1 aromatic rings. The first-order valence-electron chi connectivity index (χ1n) is 10.1. The fourth-order valence-corrected chi connectivity index (χ4v) is 3.96.